The van der Waals surface area contributed by atoms with Crippen LogP contribution in [-0.2, 0) is 9.59 Å². The van der Waals surface area contributed by atoms with Gasteiger partial charge in [-0.3, -0.25) is 14.9 Å². The number of nitrogens with zero attached hydrogens (tertiary/aromatic N) is 1. The van der Waals surface area contributed by atoms with Crippen molar-refractivity contribution in [2.24, 2.45) is 0 Å². The molecule has 1 saturated heterocycles. The van der Waals surface area contributed by atoms with E-state index in [1.54, 1.807) is 42.5 Å². The highest BCUT2D eigenvalue weighted by Gasteiger charge is 2.36. The summed E-state index contributed by atoms with van der Waals surface area (Å²) >= 11 is 3.29. The molecular weight excluding hydrogens is 412 g/mol. The first kappa shape index (κ1) is 18.8. The van der Waals surface area contributed by atoms with Crippen molar-refractivity contribution in [3.63, 3.8) is 0 Å². The van der Waals surface area contributed by atoms with Crippen molar-refractivity contribution < 1.29 is 19.1 Å². The van der Waals surface area contributed by atoms with Crippen LogP contribution in [0.25, 0.3) is 6.08 Å². The molecule has 7 heteroatoms. The summed E-state index contributed by atoms with van der Waals surface area (Å²) in [6.45, 7) is 2.39. The van der Waals surface area contributed by atoms with E-state index in [0.29, 0.717) is 23.6 Å². The summed E-state index contributed by atoms with van der Waals surface area (Å²) < 4.78 is 5.48. The maximum absolute atomic E-state index is 12.8. The van der Waals surface area contributed by atoms with Crippen LogP contribution in [0.5, 0.6) is 5.75 Å². The zero-order valence-electron chi connectivity index (χ0n) is 14.6. The second-order valence-corrected chi connectivity index (χ2v) is 6.70. The molecule has 0 spiro atoms. The fourth-order valence-corrected chi connectivity index (χ4v) is 2.80. The van der Waals surface area contributed by atoms with Gasteiger partial charge in [0.1, 0.15) is 11.3 Å². The second kappa shape index (κ2) is 8.18. The third-order valence-corrected chi connectivity index (χ3v) is 4.22. The van der Waals surface area contributed by atoms with Gasteiger partial charge in [0, 0.05) is 5.33 Å². The smallest absolute Gasteiger partial charge is 0.335 e. The number of alkyl halides is 1. The minimum absolute atomic E-state index is 0.106. The molecule has 0 atom stereocenters. The summed E-state index contributed by atoms with van der Waals surface area (Å²) in [5, 5.41) is 2.93. The normalized spacial score (nSPS) is 15.9. The van der Waals surface area contributed by atoms with Gasteiger partial charge in [-0.2, -0.15) is 0 Å². The van der Waals surface area contributed by atoms with E-state index < -0.39 is 17.8 Å². The average Bonchev–Trinajstić information content (AvgIpc) is 2.64. The van der Waals surface area contributed by atoms with Crippen LogP contribution in [0, 0.1) is 6.92 Å². The first-order valence-corrected chi connectivity index (χ1v) is 9.38. The maximum atomic E-state index is 12.8. The number of nitrogens with one attached hydrogen (secondary N) is 1. The van der Waals surface area contributed by atoms with E-state index in [1.807, 2.05) is 13.0 Å². The Bertz CT molecular complexity index is 922. The molecule has 1 aliphatic rings. The molecular formula is C20H17BrN2O4. The quantitative estimate of drug-likeness (QED) is 0.449. The van der Waals surface area contributed by atoms with Crippen molar-refractivity contribution in [2.75, 3.05) is 16.8 Å². The van der Waals surface area contributed by atoms with Gasteiger partial charge in [0.25, 0.3) is 11.8 Å². The van der Waals surface area contributed by atoms with Crippen LogP contribution in [0.4, 0.5) is 10.5 Å². The van der Waals surface area contributed by atoms with E-state index in [4.69, 9.17) is 4.74 Å². The molecule has 1 aliphatic heterocycles. The zero-order valence-corrected chi connectivity index (χ0v) is 16.2. The number of barbiturate groups is 1. The molecule has 138 valence electrons. The standard InChI is InChI=1S/C20H17BrN2O4/c1-13-3-2-4-15(11-13)23-19(25)17(18(24)22-20(23)26)12-14-5-7-16(8-6-14)27-10-9-21/h2-8,11-12H,9-10H2,1H3,(H,22,24,26)/b17-12+. The lowest BCUT2D eigenvalue weighted by Crippen LogP contribution is -2.54. The minimum Gasteiger partial charge on any atom is -0.493 e. The molecule has 0 aromatic heterocycles. The van der Waals surface area contributed by atoms with Gasteiger partial charge in [0.2, 0.25) is 0 Å². The lowest BCUT2D eigenvalue weighted by Gasteiger charge is -2.26. The molecule has 3 rings (SSSR count). The lowest BCUT2D eigenvalue weighted by atomic mass is 10.1. The Balaban J connectivity index is 1.90. The molecule has 0 unspecified atom stereocenters. The van der Waals surface area contributed by atoms with Crippen LogP contribution in [0.1, 0.15) is 11.1 Å². The SMILES string of the molecule is Cc1cccc(N2C(=O)NC(=O)/C(=C\c3ccc(OCCBr)cc3)C2=O)c1. The summed E-state index contributed by atoms with van der Waals surface area (Å²) in [7, 11) is 0. The second-order valence-electron chi connectivity index (χ2n) is 5.90. The molecule has 2 aromatic rings. The van der Waals surface area contributed by atoms with E-state index in [0.717, 1.165) is 15.8 Å². The Hall–Kier alpha value is -2.93. The van der Waals surface area contributed by atoms with Crippen molar-refractivity contribution in [1.82, 2.24) is 5.32 Å². The van der Waals surface area contributed by atoms with Crippen molar-refractivity contribution in [3.8, 4) is 5.75 Å². The van der Waals surface area contributed by atoms with Gasteiger partial charge in [-0.1, -0.05) is 40.2 Å². The molecule has 0 bridgehead atoms. The molecule has 0 radical (unpaired) electrons. The number of urea groups is 1. The molecule has 1 fully saturated rings. The van der Waals surface area contributed by atoms with Crippen LogP contribution in [0.15, 0.2) is 54.1 Å². The zero-order chi connectivity index (χ0) is 19.4. The monoisotopic (exact) mass is 428 g/mol. The molecule has 2 aromatic carbocycles. The fourth-order valence-electron chi connectivity index (χ4n) is 2.64. The first-order valence-electron chi connectivity index (χ1n) is 8.26. The largest absolute Gasteiger partial charge is 0.493 e. The number of amides is 4. The number of anilines is 1. The lowest BCUT2D eigenvalue weighted by molar-refractivity contribution is -0.122. The van der Waals surface area contributed by atoms with E-state index in [1.165, 1.54) is 6.08 Å². The topological polar surface area (TPSA) is 75.7 Å². The Morgan fingerprint density at radius 3 is 2.52 bits per heavy atom. The summed E-state index contributed by atoms with van der Waals surface area (Å²) in [4.78, 5) is 38.2. The molecule has 1 N–H and O–H groups in total. The highest BCUT2D eigenvalue weighted by Crippen LogP contribution is 2.23. The molecule has 4 amide bonds. The highest BCUT2D eigenvalue weighted by atomic mass is 79.9. The molecule has 27 heavy (non-hydrogen) atoms. The average molecular weight is 429 g/mol. The Labute approximate surface area is 164 Å². The van der Waals surface area contributed by atoms with E-state index >= 15 is 0 Å². The fraction of sp³-hybridized carbons (Fsp3) is 0.150. The number of benzene rings is 2. The highest BCUT2D eigenvalue weighted by molar-refractivity contribution is 9.09. The Kier molecular flexibility index (Phi) is 5.71. The third kappa shape index (κ3) is 4.25. The number of ether oxygens (including phenoxy) is 1. The van der Waals surface area contributed by atoms with Crippen LogP contribution >= 0.6 is 15.9 Å². The number of aryl methyl sites for hydroxylation is 1. The van der Waals surface area contributed by atoms with Gasteiger partial charge in [-0.05, 0) is 48.4 Å². The summed E-state index contributed by atoms with van der Waals surface area (Å²) in [5.74, 6) is -0.685. The maximum Gasteiger partial charge on any atom is 0.335 e. The van der Waals surface area contributed by atoms with Gasteiger partial charge in [-0.25, -0.2) is 9.69 Å². The van der Waals surface area contributed by atoms with Crippen LogP contribution in [-0.4, -0.2) is 29.8 Å². The van der Waals surface area contributed by atoms with Gasteiger partial charge in [0.15, 0.2) is 0 Å². The molecule has 6 nitrogen and oxygen atoms in total. The van der Waals surface area contributed by atoms with Crippen molar-refractivity contribution in [3.05, 3.63) is 65.2 Å². The van der Waals surface area contributed by atoms with E-state index in [9.17, 15) is 14.4 Å². The van der Waals surface area contributed by atoms with Crippen molar-refractivity contribution >= 4 is 45.5 Å². The molecule has 0 saturated carbocycles. The van der Waals surface area contributed by atoms with Gasteiger partial charge in [0.05, 0.1) is 12.3 Å². The number of imide groups is 2. The predicted octanol–water partition coefficient (Wildman–Crippen LogP) is 3.44. The Morgan fingerprint density at radius 2 is 1.85 bits per heavy atom. The number of carbonyl (C=O) groups excluding carboxylic acids is 3. The summed E-state index contributed by atoms with van der Waals surface area (Å²) in [5.41, 5.74) is 1.85. The number of halogens is 1. The van der Waals surface area contributed by atoms with Crippen LogP contribution in [0.2, 0.25) is 0 Å². The summed E-state index contributed by atoms with van der Waals surface area (Å²) in [6, 6.07) is 13.2. The third-order valence-electron chi connectivity index (χ3n) is 3.90. The molecule has 0 aliphatic carbocycles. The van der Waals surface area contributed by atoms with Gasteiger partial charge >= 0.3 is 6.03 Å². The number of hydrogen-bond donors (Lipinski definition) is 1. The van der Waals surface area contributed by atoms with Gasteiger partial charge in [-0.15, -0.1) is 0 Å². The first-order chi connectivity index (χ1) is 13.0. The number of carbonyl (C=O) groups is 3. The van der Waals surface area contributed by atoms with Crippen molar-refractivity contribution in [1.29, 1.82) is 0 Å². The van der Waals surface area contributed by atoms with Crippen molar-refractivity contribution in [2.45, 2.75) is 6.92 Å². The van der Waals surface area contributed by atoms with Crippen LogP contribution in [0.3, 0.4) is 0 Å². The number of rotatable bonds is 5. The summed E-state index contributed by atoms with van der Waals surface area (Å²) in [6.07, 6.45) is 1.46. The van der Waals surface area contributed by atoms with Crippen LogP contribution < -0.4 is 15.0 Å². The predicted molar refractivity (Wildman–Crippen MR) is 106 cm³/mol. The van der Waals surface area contributed by atoms with E-state index in [-0.39, 0.29) is 5.57 Å². The Morgan fingerprint density at radius 1 is 1.11 bits per heavy atom. The van der Waals surface area contributed by atoms with Gasteiger partial charge < -0.3 is 4.74 Å². The number of hydrogen-bond acceptors (Lipinski definition) is 4. The minimum atomic E-state index is -0.758. The van der Waals surface area contributed by atoms with E-state index in [2.05, 4.69) is 21.2 Å². The molecule has 1 heterocycles.